The highest BCUT2D eigenvalue weighted by molar-refractivity contribution is 7.99. The van der Waals surface area contributed by atoms with Crippen LogP contribution < -0.4 is 0 Å². The molecule has 0 radical (unpaired) electrons. The van der Waals surface area contributed by atoms with Crippen LogP contribution in [0.4, 0.5) is 0 Å². The molecule has 1 aliphatic rings. The number of rotatable bonds is 1. The minimum Gasteiger partial charge on any atom is -0.225 e. The summed E-state index contributed by atoms with van der Waals surface area (Å²) in [6.45, 7) is 6.65. The van der Waals surface area contributed by atoms with Gasteiger partial charge in [0.2, 0.25) is 0 Å². The predicted octanol–water partition coefficient (Wildman–Crippen LogP) is 2.67. The van der Waals surface area contributed by atoms with Gasteiger partial charge in [-0.15, -0.1) is 0 Å². The molecule has 0 atom stereocenters. The predicted molar refractivity (Wildman–Crippen MR) is 44.0 cm³/mol. The maximum absolute atomic E-state index is 4.34. The molecule has 0 aromatic heterocycles. The summed E-state index contributed by atoms with van der Waals surface area (Å²) >= 11 is 1.72. The van der Waals surface area contributed by atoms with E-state index >= 15 is 0 Å². The Bertz CT molecular complexity index is 138. The second kappa shape index (κ2) is 2.33. The molecule has 0 fully saturated rings. The minimum absolute atomic E-state index is 0.380. The van der Waals surface area contributed by atoms with Gasteiger partial charge in [-0.25, -0.2) is 4.40 Å². The van der Waals surface area contributed by atoms with E-state index in [9.17, 15) is 0 Å². The summed E-state index contributed by atoms with van der Waals surface area (Å²) in [5.74, 6) is 0. The molecule has 1 nitrogen and oxygen atoms in total. The van der Waals surface area contributed by atoms with Gasteiger partial charge in [0, 0.05) is 16.9 Å². The van der Waals surface area contributed by atoms with Crippen LogP contribution in [0.25, 0.3) is 0 Å². The molecular formula is C7H13NS. The van der Waals surface area contributed by atoms with Crippen LogP contribution in [0.2, 0.25) is 0 Å². The van der Waals surface area contributed by atoms with Crippen molar-refractivity contribution >= 4 is 17.7 Å². The van der Waals surface area contributed by atoms with Crippen LogP contribution in [-0.2, 0) is 0 Å². The Kier molecular flexibility index (Phi) is 1.85. The average Bonchev–Trinajstić information content (AvgIpc) is 2.10. The third kappa shape index (κ3) is 1.71. The quantitative estimate of drug-likeness (QED) is 0.514. The highest BCUT2D eigenvalue weighted by atomic mass is 32.2. The molecule has 0 spiro atoms. The lowest BCUT2D eigenvalue weighted by Crippen LogP contribution is -2.12. The van der Waals surface area contributed by atoms with Crippen LogP contribution in [0, 0.1) is 0 Å². The molecule has 0 N–H and O–H groups in total. The van der Waals surface area contributed by atoms with Gasteiger partial charge in [0.25, 0.3) is 0 Å². The van der Waals surface area contributed by atoms with E-state index < -0.39 is 0 Å². The van der Waals surface area contributed by atoms with Gasteiger partial charge in [-0.3, -0.25) is 0 Å². The van der Waals surface area contributed by atoms with Gasteiger partial charge in [-0.05, 0) is 32.2 Å². The Morgan fingerprint density at radius 2 is 2.33 bits per heavy atom. The van der Waals surface area contributed by atoms with Crippen molar-refractivity contribution in [2.45, 2.75) is 38.4 Å². The maximum atomic E-state index is 4.34. The van der Waals surface area contributed by atoms with Crippen LogP contribution in [0.15, 0.2) is 4.40 Å². The Labute approximate surface area is 61.1 Å². The molecular weight excluding hydrogens is 130 g/mol. The lowest BCUT2D eigenvalue weighted by atomic mass is 10.0. The van der Waals surface area contributed by atoms with Crippen LogP contribution in [0.3, 0.4) is 0 Å². The summed E-state index contributed by atoms with van der Waals surface area (Å²) in [7, 11) is 0. The summed E-state index contributed by atoms with van der Waals surface area (Å²) in [4.78, 5) is 0. The Morgan fingerprint density at radius 3 is 2.56 bits per heavy atom. The first-order valence-electron chi connectivity index (χ1n) is 3.38. The Hall–Kier alpha value is 0.0200. The van der Waals surface area contributed by atoms with Crippen molar-refractivity contribution in [3.63, 3.8) is 0 Å². The summed E-state index contributed by atoms with van der Waals surface area (Å²) in [6.07, 6.45) is 2.30. The first-order valence-corrected chi connectivity index (χ1v) is 4.15. The molecule has 0 saturated heterocycles. The molecule has 1 rings (SSSR count). The monoisotopic (exact) mass is 143 g/mol. The molecule has 9 heavy (non-hydrogen) atoms. The molecule has 1 heterocycles. The van der Waals surface area contributed by atoms with Gasteiger partial charge in [-0.1, -0.05) is 6.92 Å². The van der Waals surface area contributed by atoms with Crippen molar-refractivity contribution in [1.82, 2.24) is 0 Å². The van der Waals surface area contributed by atoms with Crippen molar-refractivity contribution in [2.24, 2.45) is 4.40 Å². The van der Waals surface area contributed by atoms with E-state index in [4.69, 9.17) is 0 Å². The van der Waals surface area contributed by atoms with E-state index in [0.29, 0.717) is 4.75 Å². The largest absolute Gasteiger partial charge is 0.225 e. The average molecular weight is 143 g/mol. The minimum atomic E-state index is 0.380. The highest BCUT2D eigenvalue weighted by Crippen LogP contribution is 2.36. The van der Waals surface area contributed by atoms with E-state index in [1.54, 1.807) is 11.9 Å². The fourth-order valence-electron chi connectivity index (χ4n) is 0.934. The normalized spacial score (nSPS) is 24.1. The molecule has 0 aromatic rings. The zero-order chi connectivity index (χ0) is 6.91. The van der Waals surface area contributed by atoms with Gasteiger partial charge in [-0.2, -0.15) is 0 Å². The number of hydrogen-bond acceptors (Lipinski definition) is 2. The van der Waals surface area contributed by atoms with Crippen LogP contribution in [0.1, 0.15) is 33.6 Å². The van der Waals surface area contributed by atoms with Crippen molar-refractivity contribution < 1.29 is 0 Å². The molecule has 2 heteroatoms. The molecule has 52 valence electrons. The summed E-state index contributed by atoms with van der Waals surface area (Å²) in [5, 5.41) is 0. The lowest BCUT2D eigenvalue weighted by molar-refractivity contribution is 0.755. The van der Waals surface area contributed by atoms with E-state index in [0.717, 1.165) is 6.42 Å². The summed E-state index contributed by atoms with van der Waals surface area (Å²) in [6, 6.07) is 0. The SMILES string of the molecule is CCC1=NSC(C)(C)C1. The van der Waals surface area contributed by atoms with E-state index in [1.165, 1.54) is 12.1 Å². The van der Waals surface area contributed by atoms with Gasteiger partial charge in [0.05, 0.1) is 0 Å². The fraction of sp³-hybridized carbons (Fsp3) is 0.857. The van der Waals surface area contributed by atoms with Crippen LogP contribution in [0.5, 0.6) is 0 Å². The maximum Gasteiger partial charge on any atom is 0.0374 e. The van der Waals surface area contributed by atoms with Crippen LogP contribution >= 0.6 is 11.9 Å². The molecule has 1 aliphatic heterocycles. The smallest absolute Gasteiger partial charge is 0.0374 e. The van der Waals surface area contributed by atoms with E-state index in [1.807, 2.05) is 0 Å². The summed E-state index contributed by atoms with van der Waals surface area (Å²) in [5.41, 5.74) is 1.37. The van der Waals surface area contributed by atoms with Gasteiger partial charge in [0.1, 0.15) is 0 Å². The first kappa shape index (κ1) is 7.13. The van der Waals surface area contributed by atoms with Gasteiger partial charge >= 0.3 is 0 Å². The fourth-order valence-corrected chi connectivity index (χ4v) is 1.73. The molecule has 0 amide bonds. The van der Waals surface area contributed by atoms with Crippen molar-refractivity contribution in [1.29, 1.82) is 0 Å². The van der Waals surface area contributed by atoms with Crippen molar-refractivity contribution in [2.75, 3.05) is 0 Å². The topological polar surface area (TPSA) is 12.4 Å². The number of nitrogens with zero attached hydrogens (tertiary/aromatic N) is 1. The van der Waals surface area contributed by atoms with Gasteiger partial charge < -0.3 is 0 Å². The third-order valence-electron chi connectivity index (χ3n) is 1.46. The zero-order valence-electron chi connectivity index (χ0n) is 6.27. The van der Waals surface area contributed by atoms with Crippen molar-refractivity contribution in [3.05, 3.63) is 0 Å². The Balaban J connectivity index is 2.50. The molecule has 0 aliphatic carbocycles. The second-order valence-electron chi connectivity index (χ2n) is 3.04. The highest BCUT2D eigenvalue weighted by Gasteiger charge is 2.25. The third-order valence-corrected chi connectivity index (χ3v) is 2.45. The van der Waals surface area contributed by atoms with Gasteiger partial charge in [0.15, 0.2) is 0 Å². The molecule has 0 aromatic carbocycles. The number of hydrogen-bond donors (Lipinski definition) is 0. The van der Waals surface area contributed by atoms with E-state index in [2.05, 4.69) is 25.2 Å². The van der Waals surface area contributed by atoms with Crippen molar-refractivity contribution in [3.8, 4) is 0 Å². The standard InChI is InChI=1S/C7H13NS/c1-4-6-5-7(2,3)9-8-6/h4-5H2,1-3H3. The molecule has 0 bridgehead atoms. The Morgan fingerprint density at radius 1 is 1.67 bits per heavy atom. The van der Waals surface area contributed by atoms with Crippen LogP contribution in [-0.4, -0.2) is 10.5 Å². The molecule has 0 unspecified atom stereocenters. The molecule has 0 saturated carbocycles. The van der Waals surface area contributed by atoms with E-state index in [-0.39, 0.29) is 0 Å². The lowest BCUT2D eigenvalue weighted by Gasteiger charge is -2.12. The first-order chi connectivity index (χ1) is 4.14. The summed E-state index contributed by atoms with van der Waals surface area (Å²) < 4.78 is 4.72. The second-order valence-corrected chi connectivity index (χ2v) is 4.51. The zero-order valence-corrected chi connectivity index (χ0v) is 7.09.